The van der Waals surface area contributed by atoms with Crippen LogP contribution >= 0.6 is 12.4 Å². The van der Waals surface area contributed by atoms with Gasteiger partial charge >= 0.3 is 0 Å². The predicted octanol–water partition coefficient (Wildman–Crippen LogP) is 3.62. The van der Waals surface area contributed by atoms with Crippen LogP contribution in [0, 0.1) is 5.92 Å². The van der Waals surface area contributed by atoms with Gasteiger partial charge < -0.3 is 10.2 Å². The molecule has 0 spiro atoms. The average Bonchev–Trinajstić information content (AvgIpc) is 2.49. The summed E-state index contributed by atoms with van der Waals surface area (Å²) in [5, 5.41) is 3.25. The Balaban J connectivity index is 0.00000264. The zero-order valence-electron chi connectivity index (χ0n) is 14.8. The van der Waals surface area contributed by atoms with Gasteiger partial charge in [-0.25, -0.2) is 0 Å². The normalized spacial score (nSPS) is 17.6. The molecule has 23 heavy (non-hydrogen) atoms. The number of likely N-dealkylation sites (tertiary alicyclic amines) is 1. The Kier molecular flexibility index (Phi) is 8.07. The van der Waals surface area contributed by atoms with Gasteiger partial charge in [0.15, 0.2) is 0 Å². The number of benzene rings is 1. The average molecular weight is 339 g/mol. The van der Waals surface area contributed by atoms with Crippen molar-refractivity contribution in [3.8, 4) is 0 Å². The third-order valence-electron chi connectivity index (χ3n) is 4.61. The molecular formula is C19H31ClN2O. The van der Waals surface area contributed by atoms with E-state index in [-0.39, 0.29) is 24.2 Å². The molecule has 1 aromatic rings. The van der Waals surface area contributed by atoms with Crippen LogP contribution in [0.4, 0.5) is 0 Å². The molecule has 2 rings (SSSR count). The number of carbonyl (C=O) groups excluding carboxylic acids is 1. The van der Waals surface area contributed by atoms with Crippen LogP contribution in [0.5, 0.6) is 0 Å². The van der Waals surface area contributed by atoms with E-state index >= 15 is 0 Å². The Morgan fingerprint density at radius 1 is 1.22 bits per heavy atom. The van der Waals surface area contributed by atoms with E-state index in [2.05, 4.69) is 49.3 Å². The van der Waals surface area contributed by atoms with Gasteiger partial charge in [-0.3, -0.25) is 4.79 Å². The van der Waals surface area contributed by atoms with Gasteiger partial charge in [0.2, 0.25) is 5.91 Å². The van der Waals surface area contributed by atoms with E-state index in [1.54, 1.807) is 0 Å². The summed E-state index contributed by atoms with van der Waals surface area (Å²) in [6.07, 6.45) is 3.15. The fraction of sp³-hybridized carbons (Fsp3) is 0.632. The number of carbonyl (C=O) groups is 1. The summed E-state index contributed by atoms with van der Waals surface area (Å²) in [7, 11) is 2.14. The molecule has 0 aliphatic carbocycles. The van der Waals surface area contributed by atoms with Gasteiger partial charge in [0.05, 0.1) is 5.92 Å². The molecule has 3 nitrogen and oxygen atoms in total. The Labute approximate surface area is 147 Å². The van der Waals surface area contributed by atoms with Gasteiger partial charge in [-0.1, -0.05) is 38.1 Å². The monoisotopic (exact) mass is 338 g/mol. The summed E-state index contributed by atoms with van der Waals surface area (Å²) in [5.41, 5.74) is 2.49. The van der Waals surface area contributed by atoms with Crippen molar-refractivity contribution in [2.24, 2.45) is 5.92 Å². The smallest absolute Gasteiger partial charge is 0.227 e. The molecular weight excluding hydrogens is 308 g/mol. The van der Waals surface area contributed by atoms with Gasteiger partial charge in [-0.2, -0.15) is 0 Å². The molecule has 1 aromatic carbocycles. The summed E-state index contributed by atoms with van der Waals surface area (Å²) in [4.78, 5) is 14.9. The van der Waals surface area contributed by atoms with Crippen LogP contribution in [0.25, 0.3) is 0 Å². The van der Waals surface area contributed by atoms with Crippen LogP contribution in [-0.4, -0.2) is 37.0 Å². The molecule has 1 heterocycles. The Morgan fingerprint density at radius 2 is 1.83 bits per heavy atom. The van der Waals surface area contributed by atoms with Crippen molar-refractivity contribution >= 4 is 18.3 Å². The number of halogens is 1. The zero-order valence-corrected chi connectivity index (χ0v) is 15.7. The van der Waals surface area contributed by atoms with Gasteiger partial charge in [0, 0.05) is 6.04 Å². The van der Waals surface area contributed by atoms with Gasteiger partial charge in [-0.05, 0) is 63.4 Å². The lowest BCUT2D eigenvalue weighted by Crippen LogP contribution is -2.44. The minimum atomic E-state index is -0.0744. The van der Waals surface area contributed by atoms with Crippen LogP contribution in [0.3, 0.4) is 0 Å². The van der Waals surface area contributed by atoms with E-state index in [0.717, 1.165) is 32.4 Å². The topological polar surface area (TPSA) is 32.3 Å². The Hall–Kier alpha value is -1.06. The molecule has 4 heteroatoms. The minimum Gasteiger partial charge on any atom is -0.353 e. The fourth-order valence-corrected chi connectivity index (χ4v) is 3.20. The molecule has 130 valence electrons. The number of hydrogen-bond donors (Lipinski definition) is 1. The molecule has 1 amide bonds. The predicted molar refractivity (Wildman–Crippen MR) is 99.3 cm³/mol. The lowest BCUT2D eigenvalue weighted by Gasteiger charge is -2.30. The molecule has 1 unspecified atom stereocenters. The molecule has 0 bridgehead atoms. The SMILES string of the molecule is CC(C)Cc1ccccc1C(C)C(=O)NC1CCN(C)CC1.Cl. The highest BCUT2D eigenvalue weighted by molar-refractivity contribution is 5.85. The molecule has 1 saturated heterocycles. The minimum absolute atomic E-state index is 0. The quantitative estimate of drug-likeness (QED) is 0.889. The number of nitrogens with one attached hydrogen (secondary N) is 1. The Bertz CT molecular complexity index is 496. The van der Waals surface area contributed by atoms with Crippen molar-refractivity contribution in [1.82, 2.24) is 10.2 Å². The highest BCUT2D eigenvalue weighted by atomic mass is 35.5. The highest BCUT2D eigenvalue weighted by Crippen LogP contribution is 2.23. The summed E-state index contributed by atoms with van der Waals surface area (Å²) in [6.45, 7) is 8.62. The summed E-state index contributed by atoms with van der Waals surface area (Å²) in [5.74, 6) is 0.700. The third-order valence-corrected chi connectivity index (χ3v) is 4.61. The van der Waals surface area contributed by atoms with Crippen LogP contribution in [0.15, 0.2) is 24.3 Å². The van der Waals surface area contributed by atoms with Crippen LogP contribution in [-0.2, 0) is 11.2 Å². The van der Waals surface area contributed by atoms with Crippen LogP contribution in [0.1, 0.15) is 50.7 Å². The highest BCUT2D eigenvalue weighted by Gasteiger charge is 2.23. The van der Waals surface area contributed by atoms with E-state index < -0.39 is 0 Å². The number of hydrogen-bond acceptors (Lipinski definition) is 2. The Morgan fingerprint density at radius 3 is 2.43 bits per heavy atom. The van der Waals surface area contributed by atoms with E-state index in [4.69, 9.17) is 0 Å². The summed E-state index contributed by atoms with van der Waals surface area (Å²) < 4.78 is 0. The first-order valence-corrected chi connectivity index (χ1v) is 8.54. The maximum Gasteiger partial charge on any atom is 0.227 e. The number of nitrogens with zero attached hydrogens (tertiary/aromatic N) is 1. The zero-order chi connectivity index (χ0) is 16.1. The maximum atomic E-state index is 12.6. The molecule has 1 N–H and O–H groups in total. The number of rotatable bonds is 5. The molecule has 1 aliphatic heterocycles. The van der Waals surface area contributed by atoms with Crippen molar-refractivity contribution in [3.05, 3.63) is 35.4 Å². The molecule has 0 aromatic heterocycles. The standard InChI is InChI=1S/C19H30N2O.ClH/c1-14(2)13-16-7-5-6-8-18(16)15(3)19(22)20-17-9-11-21(4)12-10-17;/h5-8,14-15,17H,9-13H2,1-4H3,(H,20,22);1H. The van der Waals surface area contributed by atoms with Crippen LogP contribution in [0.2, 0.25) is 0 Å². The van der Waals surface area contributed by atoms with Crippen molar-refractivity contribution in [3.63, 3.8) is 0 Å². The van der Waals surface area contributed by atoms with Crippen molar-refractivity contribution in [2.45, 2.75) is 52.0 Å². The van der Waals surface area contributed by atoms with E-state index in [1.807, 2.05) is 13.0 Å². The second kappa shape index (κ2) is 9.29. The fourth-order valence-electron chi connectivity index (χ4n) is 3.20. The molecule has 0 radical (unpaired) electrons. The lowest BCUT2D eigenvalue weighted by atomic mass is 9.90. The first kappa shape index (κ1) is 20.0. The summed E-state index contributed by atoms with van der Waals surface area (Å²) in [6, 6.07) is 8.72. The van der Waals surface area contributed by atoms with Crippen LogP contribution < -0.4 is 5.32 Å². The summed E-state index contributed by atoms with van der Waals surface area (Å²) >= 11 is 0. The largest absolute Gasteiger partial charge is 0.353 e. The van der Waals surface area contributed by atoms with Crippen molar-refractivity contribution < 1.29 is 4.79 Å². The first-order chi connectivity index (χ1) is 10.5. The van der Waals surface area contributed by atoms with Gasteiger partial charge in [0.1, 0.15) is 0 Å². The molecule has 1 fully saturated rings. The molecule has 1 atom stereocenters. The number of amides is 1. The van der Waals surface area contributed by atoms with E-state index in [1.165, 1.54) is 11.1 Å². The van der Waals surface area contributed by atoms with Gasteiger partial charge in [-0.15, -0.1) is 12.4 Å². The van der Waals surface area contributed by atoms with Crippen molar-refractivity contribution in [2.75, 3.05) is 20.1 Å². The second-order valence-corrected chi connectivity index (χ2v) is 7.10. The lowest BCUT2D eigenvalue weighted by molar-refractivity contribution is -0.123. The van der Waals surface area contributed by atoms with Crippen molar-refractivity contribution in [1.29, 1.82) is 0 Å². The molecule has 1 aliphatic rings. The van der Waals surface area contributed by atoms with E-state index in [9.17, 15) is 4.79 Å². The third kappa shape index (κ3) is 5.82. The molecule has 0 saturated carbocycles. The number of piperidine rings is 1. The van der Waals surface area contributed by atoms with Gasteiger partial charge in [0.25, 0.3) is 0 Å². The maximum absolute atomic E-state index is 12.6. The second-order valence-electron chi connectivity index (χ2n) is 7.10. The first-order valence-electron chi connectivity index (χ1n) is 8.54. The van der Waals surface area contributed by atoms with E-state index in [0.29, 0.717) is 12.0 Å².